The molecule has 766 valence electrons. The number of rotatable bonds is 28. The Morgan fingerprint density at radius 1 is 0.538 bits per heavy atom. The number of hydrogen-bond acceptors (Lipinski definition) is 22. The van der Waals surface area contributed by atoms with Gasteiger partial charge in [-0.05, 0) is 118 Å². The van der Waals surface area contributed by atoms with Gasteiger partial charge in [-0.3, -0.25) is 91.7 Å². The molecule has 2 aliphatic rings. The highest BCUT2D eigenvalue weighted by molar-refractivity contribution is 8.00. The molecule has 0 spiro atoms. The fourth-order valence-corrected chi connectivity index (χ4v) is 17.0. The summed E-state index contributed by atoms with van der Waals surface area (Å²) in [5.74, 6) is -20.4. The Kier molecular flexibility index (Phi) is 41.4. The highest BCUT2D eigenvalue weighted by Gasteiger charge is 2.44. The van der Waals surface area contributed by atoms with Crippen LogP contribution in [0.2, 0.25) is 0 Å². The minimum absolute atomic E-state index is 0.0119. The van der Waals surface area contributed by atoms with Crippen LogP contribution >= 0.6 is 11.8 Å². The number of primary amides is 1. The lowest BCUT2D eigenvalue weighted by Crippen LogP contribution is -2.62. The Morgan fingerprint density at radius 2 is 1.06 bits per heavy atom. The molecule has 4 heterocycles. The number of carbonyl (C=O) groups excluding carboxylic acids is 16. The van der Waals surface area contributed by atoms with Crippen molar-refractivity contribution < 1.29 is 96.5 Å². The van der Waals surface area contributed by atoms with E-state index in [0.717, 1.165) is 27.8 Å². The normalized spacial score (nSPS) is 21.8. The highest BCUT2D eigenvalue weighted by Crippen LogP contribution is 2.28. The lowest BCUT2D eigenvalue weighted by molar-refractivity contribution is -0.144. The zero-order chi connectivity index (χ0) is 104. The van der Waals surface area contributed by atoms with Gasteiger partial charge in [-0.15, -0.1) is 11.8 Å². The van der Waals surface area contributed by atoms with E-state index in [2.05, 4.69) is 94.4 Å². The standard InChI is InChI=1S/C99H129N23O20S/c1-11-56(6)83-97(142)122-37-17-23-76(122)93(138)119-82(55(4)5)94(139)114-72(44-67-47-104-53-108-67)91(136)112-69(38-54(2)3)88(133)117-75(86(131)106-48-77(100)123)50-143-51-79(125)118-84(99(7,8)9)95(140)115-70(40-57-24-28-61(29-25-57)60-19-13-12-14-20-60)89(134)116-74(41-58-26-30-62(31-27-58)63-32-34-65(35-33-63)109-85(130)64-21-15-18-59(39-64)42-80(126)127)96(141)121(10)49-78(124)110-71(43-66-46-103-52-107-66)90(135)113-73(45-81(128)129)92(137)111-68(87(132)120-83)22-16-36-105-98(101)102/h12-15,18-21,24-35,39,46-47,52-56,68-76,82-84H,11,16-17,22-23,36-38,40-45,48-51H2,1-10H3,(H2,100,123)(H,103,107)(H,104,108)(H,106,131)(H,109,130)(H,110,124)(H,111,137)(H,112,136)(H,113,135)(H,114,139)(H,115,140)(H,116,134)(H,117,133)(H,118,125)(H,119,138)(H,120,132)(H,126,127)(H,128,129)(H4,101,102,105)/t56-,68+,69-,70-,71-,72-,73-,74-,75-,76-,82-,83-,84+/m0/s1. The number of benzene rings is 5. The van der Waals surface area contributed by atoms with E-state index in [1.165, 1.54) is 43.1 Å². The minimum Gasteiger partial charge on any atom is -0.481 e. The van der Waals surface area contributed by atoms with Crippen molar-refractivity contribution in [3.8, 4) is 22.3 Å². The average molecular weight is 1990 g/mol. The molecule has 2 fully saturated rings. The van der Waals surface area contributed by atoms with Gasteiger partial charge in [0.15, 0.2) is 5.96 Å². The first-order valence-electron chi connectivity index (χ1n) is 47.1. The number of carboxylic acids is 2. The van der Waals surface area contributed by atoms with Gasteiger partial charge in [0, 0.05) is 86.6 Å². The maximum Gasteiger partial charge on any atom is 0.307 e. The molecule has 23 N–H and O–H groups in total. The molecule has 0 saturated carbocycles. The van der Waals surface area contributed by atoms with E-state index < -0.39 is 240 Å². The second kappa shape index (κ2) is 53.3. The second-order valence-electron chi connectivity index (χ2n) is 37.3. The minimum atomic E-state index is -2.03. The lowest BCUT2D eigenvalue weighted by atomic mass is 9.85. The number of aliphatic carboxylic acids is 2. The van der Waals surface area contributed by atoms with Gasteiger partial charge in [-0.25, -0.2) is 9.97 Å². The molecule has 43 nitrogen and oxygen atoms in total. The molecule has 0 bridgehead atoms. The number of nitrogens with zero attached hydrogens (tertiary/aromatic N) is 4. The second-order valence-corrected chi connectivity index (χ2v) is 38.4. The zero-order valence-electron chi connectivity index (χ0n) is 81.4. The number of hydrogen-bond donors (Lipinski definition) is 21. The third kappa shape index (κ3) is 34.5. The molecule has 0 aliphatic carbocycles. The molecule has 7 aromatic rings. The van der Waals surface area contributed by atoms with Crippen LogP contribution in [-0.4, -0.2) is 270 Å². The van der Waals surface area contributed by atoms with Gasteiger partial charge < -0.3 is 116 Å². The number of nitrogens with two attached hydrogens (primary N) is 2. The number of thioether (sulfide) groups is 1. The maximum absolute atomic E-state index is 15.7. The van der Waals surface area contributed by atoms with Crippen molar-refractivity contribution in [2.45, 2.75) is 212 Å². The van der Waals surface area contributed by atoms with E-state index in [4.69, 9.17) is 16.9 Å². The molecule has 2 aromatic heterocycles. The van der Waals surface area contributed by atoms with E-state index in [1.54, 1.807) is 153 Å². The fourth-order valence-electron chi connectivity index (χ4n) is 16.2. The van der Waals surface area contributed by atoms with E-state index in [9.17, 15) is 72.5 Å². The maximum atomic E-state index is 15.7. The number of fused-ring (bicyclic) bond motifs is 1. The largest absolute Gasteiger partial charge is 0.481 e. The van der Waals surface area contributed by atoms with E-state index in [0.29, 0.717) is 39.2 Å². The molecule has 2 aliphatic heterocycles. The predicted octanol–water partition coefficient (Wildman–Crippen LogP) is 1.28. The van der Waals surface area contributed by atoms with Crippen molar-refractivity contribution >= 4 is 130 Å². The van der Waals surface area contributed by atoms with Gasteiger partial charge in [-0.2, -0.15) is 0 Å². The van der Waals surface area contributed by atoms with Crippen molar-refractivity contribution in [1.29, 1.82) is 5.41 Å². The van der Waals surface area contributed by atoms with Gasteiger partial charge in [0.1, 0.15) is 72.5 Å². The van der Waals surface area contributed by atoms with Crippen molar-refractivity contribution in [3.63, 3.8) is 0 Å². The number of amides is 16. The first kappa shape index (κ1) is 111. The van der Waals surface area contributed by atoms with Crippen molar-refractivity contribution in [2.24, 2.45) is 34.6 Å². The average Bonchev–Trinajstić information content (AvgIpc) is 1.71. The number of imidazole rings is 2. The number of aromatic nitrogens is 4. The van der Waals surface area contributed by atoms with Crippen LogP contribution in [0.4, 0.5) is 5.69 Å². The molecule has 2 saturated heterocycles. The highest BCUT2D eigenvalue weighted by atomic mass is 32.2. The number of likely N-dealkylation sites (N-methyl/N-ethyl adjacent to an activating group) is 1. The summed E-state index contributed by atoms with van der Waals surface area (Å²) in [6, 6.07) is 17.4. The summed E-state index contributed by atoms with van der Waals surface area (Å²) in [5.41, 5.74) is 15.4. The van der Waals surface area contributed by atoms with Gasteiger partial charge in [0.25, 0.3) is 5.91 Å². The number of anilines is 1. The van der Waals surface area contributed by atoms with Crippen LogP contribution < -0.4 is 85.9 Å². The molecule has 0 radical (unpaired) electrons. The number of aromatic amines is 2. The lowest BCUT2D eigenvalue weighted by Gasteiger charge is -2.33. The Hall–Kier alpha value is -15.4. The molecular weight excluding hydrogens is 1860 g/mol. The third-order valence-corrected chi connectivity index (χ3v) is 25.1. The van der Waals surface area contributed by atoms with Crippen LogP contribution in [0.3, 0.4) is 0 Å². The van der Waals surface area contributed by atoms with E-state index in [-0.39, 0.29) is 94.5 Å². The van der Waals surface area contributed by atoms with E-state index >= 15 is 24.0 Å². The first-order chi connectivity index (χ1) is 67.9. The monoisotopic (exact) mass is 1990 g/mol. The van der Waals surface area contributed by atoms with Crippen LogP contribution in [-0.2, 0) is 114 Å². The molecule has 13 atom stereocenters. The quantitative estimate of drug-likeness (QED) is 0.0187. The molecule has 143 heavy (non-hydrogen) atoms. The Balaban J connectivity index is 1.10. The summed E-state index contributed by atoms with van der Waals surface area (Å²) in [6.45, 7) is 13.4. The molecular formula is C99H129N23O20S. The zero-order valence-corrected chi connectivity index (χ0v) is 82.2. The van der Waals surface area contributed by atoms with Crippen LogP contribution in [0.5, 0.6) is 0 Å². The fraction of sp³-hybridized carbons (Fsp3) is 0.444. The smallest absolute Gasteiger partial charge is 0.307 e. The van der Waals surface area contributed by atoms with Crippen LogP contribution in [0, 0.1) is 28.6 Å². The number of carboxylic acid groups (broad SMARTS) is 2. The number of nitrogens with one attached hydrogen (secondary N) is 17. The Bertz CT molecular complexity index is 5650. The van der Waals surface area contributed by atoms with Crippen molar-refractivity contribution in [3.05, 3.63) is 186 Å². The number of H-pyrrole nitrogens is 2. The Morgan fingerprint density at radius 3 is 1.62 bits per heavy atom. The van der Waals surface area contributed by atoms with Crippen LogP contribution in [0.25, 0.3) is 22.3 Å². The summed E-state index contributed by atoms with van der Waals surface area (Å²) >= 11 is 0.813. The molecule has 5 aromatic carbocycles. The third-order valence-electron chi connectivity index (χ3n) is 24.0. The first-order valence-corrected chi connectivity index (χ1v) is 48.3. The molecule has 44 heteroatoms. The van der Waals surface area contributed by atoms with E-state index in [1.807, 2.05) is 30.3 Å². The Labute approximate surface area is 831 Å². The molecule has 0 unspecified atom stereocenters. The van der Waals surface area contributed by atoms with Crippen molar-refractivity contribution in [2.75, 3.05) is 50.0 Å². The summed E-state index contributed by atoms with van der Waals surface area (Å²) in [7, 11) is 1.23. The van der Waals surface area contributed by atoms with Crippen molar-refractivity contribution in [1.82, 2.24) is 98.9 Å². The molecule has 9 rings (SSSR count). The van der Waals surface area contributed by atoms with Gasteiger partial charge in [0.05, 0.1) is 44.3 Å². The van der Waals surface area contributed by atoms with Gasteiger partial charge in [-0.1, -0.05) is 172 Å². The molecule has 16 amide bonds. The number of guanidine groups is 1. The summed E-state index contributed by atoms with van der Waals surface area (Å²) < 4.78 is 0. The summed E-state index contributed by atoms with van der Waals surface area (Å²) in [4.78, 5) is 276. The summed E-state index contributed by atoms with van der Waals surface area (Å²) in [5, 5.41) is 65.0. The number of carbonyl (C=O) groups is 18. The SMILES string of the molecule is CC[C@H](C)[C@@H]1NC(=O)[C@@H](CCCNC(=N)N)NC(=O)[C@H](CC(=O)O)NC(=O)[C@H](Cc2cnc[nH]2)NC(=O)CN(C)C(=O)[C@H](Cc2ccc(-c3ccc(NC(=O)c4cccc(CC(=O)O)c4)cc3)cc2)NC(=O)[C@H](Cc2ccc(-c3ccccc3)cc2)NC(=O)[C@H](C(C)(C)C)NC(=O)CSC[C@@H](C(=O)NCC(N)=O)NC(=O)[C@H](CC(C)C)NC(=O)[C@H](Cc2cnc[nH]2)NC(=O)[C@H](C(C)C)NC(=O)[C@@H]2CCCN2C1=O. The summed E-state index contributed by atoms with van der Waals surface area (Å²) in [6.07, 6.45) is 2.81. The van der Waals surface area contributed by atoms with Crippen LogP contribution in [0.15, 0.2) is 152 Å². The van der Waals surface area contributed by atoms with Gasteiger partial charge >= 0.3 is 11.9 Å². The van der Waals surface area contributed by atoms with Crippen LogP contribution in [0.1, 0.15) is 146 Å². The predicted molar refractivity (Wildman–Crippen MR) is 529 cm³/mol. The van der Waals surface area contributed by atoms with Gasteiger partial charge in [0.2, 0.25) is 88.6 Å². The topological polar surface area (TPSA) is 656 Å².